The zero-order valence-electron chi connectivity index (χ0n) is 13.3. The van der Waals surface area contributed by atoms with Gasteiger partial charge in [0.2, 0.25) is 5.91 Å². The van der Waals surface area contributed by atoms with Crippen molar-refractivity contribution in [3.63, 3.8) is 0 Å². The molecule has 2 rings (SSSR count). The summed E-state index contributed by atoms with van der Waals surface area (Å²) in [7, 11) is 0. The molecule has 0 radical (unpaired) electrons. The Labute approximate surface area is 141 Å². The van der Waals surface area contributed by atoms with Crippen LogP contribution in [0.5, 0.6) is 5.75 Å². The molecule has 126 valence electrons. The Morgan fingerprint density at radius 2 is 1.91 bits per heavy atom. The third-order valence-electron chi connectivity index (χ3n) is 3.83. The van der Waals surface area contributed by atoms with Crippen LogP contribution >= 0.6 is 11.6 Å². The first-order valence-corrected chi connectivity index (χ1v) is 8.16. The highest BCUT2D eigenvalue weighted by molar-refractivity contribution is 6.30. The van der Waals surface area contributed by atoms with Crippen molar-refractivity contribution >= 4 is 23.4 Å². The van der Waals surface area contributed by atoms with E-state index in [0.717, 1.165) is 31.9 Å². The van der Waals surface area contributed by atoms with Crippen molar-refractivity contribution in [3.05, 3.63) is 29.3 Å². The highest BCUT2D eigenvalue weighted by atomic mass is 35.5. The smallest absolute Gasteiger partial charge is 0.275 e. The number of nitrogens with zero attached hydrogens (tertiary/aromatic N) is 1. The van der Waals surface area contributed by atoms with Gasteiger partial charge < -0.3 is 19.9 Å². The van der Waals surface area contributed by atoms with Gasteiger partial charge in [0, 0.05) is 11.9 Å². The van der Waals surface area contributed by atoms with Crippen LogP contribution in [0.25, 0.3) is 0 Å². The van der Waals surface area contributed by atoms with Crippen LogP contribution in [0.1, 0.15) is 6.92 Å². The quantitative estimate of drug-likeness (QED) is 0.692. The van der Waals surface area contributed by atoms with E-state index in [1.807, 2.05) is 4.90 Å². The monoisotopic (exact) mass is 340 g/mol. The molecule has 0 spiro atoms. The molecule has 2 amide bonds. The molecule has 1 saturated heterocycles. The first kappa shape index (κ1) is 17.6. The van der Waals surface area contributed by atoms with E-state index in [1.54, 1.807) is 31.2 Å². The van der Waals surface area contributed by atoms with Crippen LogP contribution in [0.2, 0.25) is 5.02 Å². The van der Waals surface area contributed by atoms with Gasteiger partial charge in [0.15, 0.2) is 6.54 Å². The number of benzene rings is 1. The Morgan fingerprint density at radius 1 is 1.26 bits per heavy atom. The predicted octanol–water partition coefficient (Wildman–Crippen LogP) is -0.418. The van der Waals surface area contributed by atoms with Crippen LogP contribution in [0.3, 0.4) is 0 Å². The molecule has 7 heteroatoms. The highest BCUT2D eigenvalue weighted by Crippen LogP contribution is 2.14. The van der Waals surface area contributed by atoms with E-state index in [4.69, 9.17) is 16.3 Å². The molecule has 1 aromatic rings. The largest absolute Gasteiger partial charge is 0.492 e. The predicted molar refractivity (Wildman–Crippen MR) is 87.8 cm³/mol. The maximum absolute atomic E-state index is 11.9. The third kappa shape index (κ3) is 6.08. The van der Waals surface area contributed by atoms with Gasteiger partial charge in [0.1, 0.15) is 12.4 Å². The molecular weight excluding hydrogens is 318 g/mol. The number of halogens is 1. The lowest BCUT2D eigenvalue weighted by Crippen LogP contribution is -3.15. The SMILES string of the molecule is CC(=O)N1CC[NH+](CC(=O)NCCOc2ccc(Cl)cc2)CC1. The van der Waals surface area contributed by atoms with Crippen molar-refractivity contribution in [2.45, 2.75) is 6.92 Å². The number of hydrogen-bond acceptors (Lipinski definition) is 3. The van der Waals surface area contributed by atoms with E-state index in [1.165, 1.54) is 4.90 Å². The fraction of sp³-hybridized carbons (Fsp3) is 0.500. The van der Waals surface area contributed by atoms with E-state index < -0.39 is 0 Å². The van der Waals surface area contributed by atoms with E-state index in [-0.39, 0.29) is 11.8 Å². The van der Waals surface area contributed by atoms with Gasteiger partial charge in [0.25, 0.3) is 5.91 Å². The molecule has 1 aliphatic rings. The minimum atomic E-state index is 0.0102. The van der Waals surface area contributed by atoms with Gasteiger partial charge in [0.05, 0.1) is 32.7 Å². The summed E-state index contributed by atoms with van der Waals surface area (Å²) in [6, 6.07) is 7.12. The summed E-state index contributed by atoms with van der Waals surface area (Å²) in [5.74, 6) is 0.846. The number of carbonyl (C=O) groups is 2. The Kier molecular flexibility index (Phi) is 6.67. The molecule has 1 heterocycles. The normalized spacial score (nSPS) is 15.3. The number of ether oxygens (including phenoxy) is 1. The van der Waals surface area contributed by atoms with Gasteiger partial charge in [-0.05, 0) is 24.3 Å². The van der Waals surface area contributed by atoms with Gasteiger partial charge in [-0.2, -0.15) is 0 Å². The van der Waals surface area contributed by atoms with Crippen molar-refractivity contribution in [1.82, 2.24) is 10.2 Å². The number of amides is 2. The van der Waals surface area contributed by atoms with Crippen molar-refractivity contribution in [2.24, 2.45) is 0 Å². The average molecular weight is 341 g/mol. The van der Waals surface area contributed by atoms with E-state index in [9.17, 15) is 9.59 Å². The maximum Gasteiger partial charge on any atom is 0.275 e. The number of rotatable bonds is 6. The van der Waals surface area contributed by atoms with Crippen molar-refractivity contribution in [1.29, 1.82) is 0 Å². The Balaban J connectivity index is 1.58. The standard InChI is InChI=1S/C16H22ClN3O3/c1-13(21)20-9-7-19(8-10-20)12-16(22)18-6-11-23-15-4-2-14(17)3-5-15/h2-5H,6-12H2,1H3,(H,18,22)/p+1. The van der Waals surface area contributed by atoms with Gasteiger partial charge >= 0.3 is 0 Å². The van der Waals surface area contributed by atoms with Crippen LogP contribution in [0, 0.1) is 0 Å². The molecule has 23 heavy (non-hydrogen) atoms. The second-order valence-electron chi connectivity index (χ2n) is 5.59. The van der Waals surface area contributed by atoms with Gasteiger partial charge in [-0.3, -0.25) is 9.59 Å². The lowest BCUT2D eigenvalue weighted by atomic mass is 10.3. The molecule has 1 aromatic carbocycles. The van der Waals surface area contributed by atoms with Crippen LogP contribution in [0.4, 0.5) is 0 Å². The van der Waals surface area contributed by atoms with Crippen LogP contribution in [0.15, 0.2) is 24.3 Å². The summed E-state index contributed by atoms with van der Waals surface area (Å²) in [6.45, 7) is 5.97. The minimum absolute atomic E-state index is 0.0102. The second kappa shape index (κ2) is 8.74. The molecule has 0 aromatic heterocycles. The van der Waals surface area contributed by atoms with Crippen LogP contribution in [-0.2, 0) is 9.59 Å². The van der Waals surface area contributed by atoms with Crippen LogP contribution < -0.4 is 15.0 Å². The van der Waals surface area contributed by atoms with Crippen molar-refractivity contribution in [2.75, 3.05) is 45.9 Å². The van der Waals surface area contributed by atoms with E-state index in [0.29, 0.717) is 24.7 Å². The molecule has 1 aliphatic heterocycles. The molecule has 0 atom stereocenters. The zero-order chi connectivity index (χ0) is 16.7. The van der Waals surface area contributed by atoms with Gasteiger partial charge in [-0.15, -0.1) is 0 Å². The minimum Gasteiger partial charge on any atom is -0.492 e. The molecule has 6 nitrogen and oxygen atoms in total. The Hall–Kier alpha value is -1.79. The topological polar surface area (TPSA) is 63.1 Å². The zero-order valence-corrected chi connectivity index (χ0v) is 14.1. The van der Waals surface area contributed by atoms with Gasteiger partial charge in [-0.1, -0.05) is 11.6 Å². The molecule has 0 bridgehead atoms. The number of hydrogen-bond donors (Lipinski definition) is 2. The molecule has 2 N–H and O–H groups in total. The summed E-state index contributed by atoms with van der Waals surface area (Å²) < 4.78 is 5.52. The second-order valence-corrected chi connectivity index (χ2v) is 6.02. The lowest BCUT2D eigenvalue weighted by molar-refractivity contribution is -0.896. The summed E-state index contributed by atoms with van der Waals surface area (Å²) in [6.07, 6.45) is 0. The van der Waals surface area contributed by atoms with E-state index in [2.05, 4.69) is 5.32 Å². The number of nitrogens with one attached hydrogen (secondary N) is 2. The number of quaternary nitrogens is 1. The third-order valence-corrected chi connectivity index (χ3v) is 4.09. The highest BCUT2D eigenvalue weighted by Gasteiger charge is 2.23. The first-order chi connectivity index (χ1) is 11.0. The molecule has 0 unspecified atom stereocenters. The maximum atomic E-state index is 11.9. The average Bonchev–Trinajstić information content (AvgIpc) is 2.54. The summed E-state index contributed by atoms with van der Waals surface area (Å²) in [5, 5.41) is 3.52. The molecule has 1 fully saturated rings. The number of carbonyl (C=O) groups excluding carboxylic acids is 2. The van der Waals surface area contributed by atoms with Crippen LogP contribution in [-0.4, -0.2) is 62.6 Å². The Morgan fingerprint density at radius 3 is 2.52 bits per heavy atom. The molecule has 0 saturated carbocycles. The number of piperazine rings is 1. The fourth-order valence-electron chi connectivity index (χ4n) is 2.49. The lowest BCUT2D eigenvalue weighted by Gasteiger charge is -2.31. The molecule has 0 aliphatic carbocycles. The summed E-state index contributed by atoms with van der Waals surface area (Å²) >= 11 is 5.80. The summed E-state index contributed by atoms with van der Waals surface area (Å²) in [5.41, 5.74) is 0. The van der Waals surface area contributed by atoms with Crippen molar-refractivity contribution < 1.29 is 19.2 Å². The van der Waals surface area contributed by atoms with E-state index >= 15 is 0 Å². The molecular formula is C16H23ClN3O3+. The summed E-state index contributed by atoms with van der Waals surface area (Å²) in [4.78, 5) is 26.2. The first-order valence-electron chi connectivity index (χ1n) is 7.79. The Bertz CT molecular complexity index is 528. The fourth-order valence-corrected chi connectivity index (χ4v) is 2.62. The van der Waals surface area contributed by atoms with Crippen molar-refractivity contribution in [3.8, 4) is 5.75 Å². The van der Waals surface area contributed by atoms with Gasteiger partial charge in [-0.25, -0.2) is 0 Å².